The quantitative estimate of drug-likeness (QED) is 0.335. The lowest BCUT2D eigenvalue weighted by molar-refractivity contribution is 0.0520. The molecule has 0 fully saturated rings. The molecule has 0 unspecified atom stereocenters. The molecule has 1 aliphatic heterocycles. The second-order valence-electron chi connectivity index (χ2n) is 9.33. The van der Waals surface area contributed by atoms with Crippen molar-refractivity contribution >= 4 is 23.4 Å². The van der Waals surface area contributed by atoms with Gasteiger partial charge < -0.3 is 35.1 Å². The highest BCUT2D eigenvalue weighted by atomic mass is 19.1. The third-order valence-electron chi connectivity index (χ3n) is 5.48. The molecule has 2 amide bonds. The minimum atomic E-state index is -0.603. The second kappa shape index (κ2) is 10.8. The lowest BCUT2D eigenvalue weighted by Crippen LogP contribution is -2.34. The molecular weight excluding hydrogens is 481 g/mol. The van der Waals surface area contributed by atoms with Gasteiger partial charge in [0.25, 0.3) is 5.91 Å². The molecule has 0 aliphatic carbocycles. The van der Waals surface area contributed by atoms with Gasteiger partial charge in [0, 0.05) is 30.4 Å². The molecule has 3 aromatic rings. The van der Waals surface area contributed by atoms with E-state index in [1.807, 2.05) is 0 Å². The van der Waals surface area contributed by atoms with Crippen LogP contribution >= 0.6 is 0 Å². The molecule has 0 atom stereocenters. The number of aromatic nitrogens is 2. The fourth-order valence-electron chi connectivity index (χ4n) is 3.99. The highest BCUT2D eigenvalue weighted by Gasteiger charge is 2.29. The van der Waals surface area contributed by atoms with Crippen LogP contribution in [0.1, 0.15) is 36.8 Å². The molecule has 0 bridgehead atoms. The van der Waals surface area contributed by atoms with Crippen molar-refractivity contribution in [3.8, 4) is 22.8 Å². The van der Waals surface area contributed by atoms with Crippen molar-refractivity contribution in [2.24, 2.45) is 0 Å². The average molecular weight is 512 g/mol. The van der Waals surface area contributed by atoms with Crippen LogP contribution in [-0.2, 0) is 11.2 Å². The van der Waals surface area contributed by atoms with Gasteiger partial charge in [-0.2, -0.15) is 0 Å². The molecule has 0 radical (unpaired) electrons. The van der Waals surface area contributed by atoms with Crippen LogP contribution in [0.3, 0.4) is 0 Å². The van der Waals surface area contributed by atoms with Crippen LogP contribution in [-0.4, -0.2) is 54.4 Å². The van der Waals surface area contributed by atoms with Crippen LogP contribution in [0.2, 0.25) is 0 Å². The Labute approximate surface area is 213 Å². The number of H-pyrrole nitrogens is 1. The van der Waals surface area contributed by atoms with E-state index in [1.54, 1.807) is 51.4 Å². The number of pyridine rings is 1. The maximum Gasteiger partial charge on any atom is 0.407 e. The average Bonchev–Trinajstić information content (AvgIpc) is 3.20. The smallest absolute Gasteiger partial charge is 0.407 e. The molecule has 37 heavy (non-hydrogen) atoms. The number of benzene rings is 1. The molecule has 10 nitrogen and oxygen atoms in total. The van der Waals surface area contributed by atoms with Crippen molar-refractivity contribution in [2.45, 2.75) is 32.8 Å². The Kier molecular flexibility index (Phi) is 7.51. The van der Waals surface area contributed by atoms with Gasteiger partial charge in [-0.25, -0.2) is 9.18 Å². The third-order valence-corrected chi connectivity index (χ3v) is 5.48. The number of alkyl carbamates (subject to hydrolysis) is 1. The van der Waals surface area contributed by atoms with Crippen molar-refractivity contribution in [1.29, 1.82) is 0 Å². The normalized spacial score (nSPS) is 12.8. The van der Waals surface area contributed by atoms with Crippen molar-refractivity contribution in [1.82, 2.24) is 20.6 Å². The van der Waals surface area contributed by atoms with Gasteiger partial charge >= 0.3 is 6.09 Å². The molecule has 0 spiro atoms. The van der Waals surface area contributed by atoms with Gasteiger partial charge in [-0.15, -0.1) is 0 Å². The van der Waals surface area contributed by atoms with Gasteiger partial charge in [0.05, 0.1) is 42.5 Å². The summed E-state index contributed by atoms with van der Waals surface area (Å²) in [6, 6.07) is 6.26. The molecule has 2 aromatic heterocycles. The van der Waals surface area contributed by atoms with Crippen LogP contribution in [0.25, 0.3) is 11.3 Å². The van der Waals surface area contributed by atoms with E-state index in [4.69, 9.17) is 14.2 Å². The zero-order valence-corrected chi connectivity index (χ0v) is 21.2. The predicted octanol–water partition coefficient (Wildman–Crippen LogP) is 4.16. The number of nitrogens with one attached hydrogen (secondary N) is 4. The van der Waals surface area contributed by atoms with Crippen molar-refractivity contribution < 1.29 is 28.2 Å². The van der Waals surface area contributed by atoms with Gasteiger partial charge in [-0.05, 0) is 39.0 Å². The van der Waals surface area contributed by atoms with E-state index in [2.05, 4.69) is 25.9 Å². The summed E-state index contributed by atoms with van der Waals surface area (Å²) in [5, 5.41) is 8.69. The lowest BCUT2D eigenvalue weighted by Gasteiger charge is -2.19. The maximum atomic E-state index is 14.4. The first-order chi connectivity index (χ1) is 17.7. The number of methoxy groups -OCH3 is 1. The minimum Gasteiger partial charge on any atom is -0.492 e. The van der Waals surface area contributed by atoms with E-state index in [9.17, 15) is 14.0 Å². The number of nitrogens with zero attached hydrogens (tertiary/aromatic N) is 1. The first kappa shape index (κ1) is 25.8. The van der Waals surface area contributed by atoms with Crippen LogP contribution in [0.5, 0.6) is 11.5 Å². The number of hydrogen-bond donors (Lipinski definition) is 4. The van der Waals surface area contributed by atoms with E-state index in [0.29, 0.717) is 46.9 Å². The molecule has 196 valence electrons. The fourth-order valence-corrected chi connectivity index (χ4v) is 3.99. The summed E-state index contributed by atoms with van der Waals surface area (Å²) in [7, 11) is 1.38. The van der Waals surface area contributed by atoms with Crippen molar-refractivity contribution in [2.75, 3.05) is 32.1 Å². The molecule has 1 aliphatic rings. The zero-order valence-electron chi connectivity index (χ0n) is 21.2. The Bertz CT molecular complexity index is 1300. The number of rotatable bonds is 8. The summed E-state index contributed by atoms with van der Waals surface area (Å²) in [6.07, 6.45) is 3.21. The largest absolute Gasteiger partial charge is 0.492 e. The third kappa shape index (κ3) is 5.93. The number of halogens is 1. The van der Waals surface area contributed by atoms with E-state index in [-0.39, 0.29) is 24.8 Å². The summed E-state index contributed by atoms with van der Waals surface area (Å²) in [6.45, 7) is 6.20. The fraction of sp³-hybridized carbons (Fsp3) is 0.346. The molecule has 4 rings (SSSR count). The zero-order chi connectivity index (χ0) is 26.6. The minimum absolute atomic E-state index is 0.0269. The SMILES string of the molecule is COc1c(F)cccc1Nc1c(-c2ccncc2OCCNC(=O)OC(C)(C)C)[nH]c2c1C(=O)NCC2. The van der Waals surface area contributed by atoms with Gasteiger partial charge in [-0.3, -0.25) is 9.78 Å². The highest BCUT2D eigenvalue weighted by Crippen LogP contribution is 2.41. The molecule has 4 N–H and O–H groups in total. The van der Waals surface area contributed by atoms with Crippen LogP contribution < -0.4 is 25.4 Å². The summed E-state index contributed by atoms with van der Waals surface area (Å²) in [5.74, 6) is -0.325. The Morgan fingerprint density at radius 2 is 2.05 bits per heavy atom. The number of aromatic amines is 1. The summed E-state index contributed by atoms with van der Waals surface area (Å²) in [5.41, 5.74) is 2.60. The van der Waals surface area contributed by atoms with E-state index < -0.39 is 17.5 Å². The molecule has 0 saturated heterocycles. The van der Waals surface area contributed by atoms with Crippen molar-refractivity contribution in [3.63, 3.8) is 0 Å². The number of para-hydroxylation sites is 1. The molecule has 0 saturated carbocycles. The first-order valence-electron chi connectivity index (χ1n) is 11.8. The number of anilines is 2. The summed E-state index contributed by atoms with van der Waals surface area (Å²) >= 11 is 0. The first-order valence-corrected chi connectivity index (χ1v) is 11.8. The Balaban J connectivity index is 1.64. The summed E-state index contributed by atoms with van der Waals surface area (Å²) in [4.78, 5) is 32.3. The molecular formula is C26H30FN5O5. The highest BCUT2D eigenvalue weighted by molar-refractivity contribution is 6.06. The van der Waals surface area contributed by atoms with Crippen LogP contribution in [0, 0.1) is 5.82 Å². The number of carbonyl (C=O) groups is 2. The van der Waals surface area contributed by atoms with Gasteiger partial charge in [0.1, 0.15) is 18.0 Å². The Hall–Kier alpha value is -4.28. The van der Waals surface area contributed by atoms with Gasteiger partial charge in [-0.1, -0.05) is 6.07 Å². The Morgan fingerprint density at radius 1 is 1.24 bits per heavy atom. The number of ether oxygens (including phenoxy) is 3. The van der Waals surface area contributed by atoms with E-state index in [1.165, 1.54) is 13.2 Å². The van der Waals surface area contributed by atoms with E-state index >= 15 is 0 Å². The number of amides is 2. The van der Waals surface area contributed by atoms with Gasteiger partial charge in [0.15, 0.2) is 11.6 Å². The summed E-state index contributed by atoms with van der Waals surface area (Å²) < 4.78 is 30.8. The monoisotopic (exact) mass is 511 g/mol. The molecule has 3 heterocycles. The molecule has 11 heteroatoms. The predicted molar refractivity (Wildman–Crippen MR) is 136 cm³/mol. The number of fused-ring (bicyclic) bond motifs is 1. The topological polar surface area (TPSA) is 127 Å². The van der Waals surface area contributed by atoms with Crippen LogP contribution in [0.4, 0.5) is 20.6 Å². The van der Waals surface area contributed by atoms with Gasteiger partial charge in [0.2, 0.25) is 0 Å². The van der Waals surface area contributed by atoms with Crippen LogP contribution in [0.15, 0.2) is 36.7 Å². The standard InChI is InChI=1S/C26H30FN5O5/c1-26(2,3)37-25(34)30-12-13-36-19-14-28-10-8-15(19)21-22(20-17(31-21)9-11-29-24(20)33)32-18-7-5-6-16(27)23(18)35-4/h5-8,10,14,31-32H,9,11-13H2,1-4H3,(H,29,33)(H,30,34). The van der Waals surface area contributed by atoms with Crippen molar-refractivity contribution in [3.05, 3.63) is 53.7 Å². The maximum absolute atomic E-state index is 14.4. The second-order valence-corrected chi connectivity index (χ2v) is 9.33. The lowest BCUT2D eigenvalue weighted by atomic mass is 10.0. The Morgan fingerprint density at radius 3 is 2.81 bits per heavy atom. The number of hydrogen-bond acceptors (Lipinski definition) is 7. The molecule has 1 aromatic carbocycles. The van der Waals surface area contributed by atoms with E-state index in [0.717, 1.165) is 5.69 Å². The number of carbonyl (C=O) groups excluding carboxylic acids is 2.